The molecule has 1 unspecified atom stereocenters. The number of anilines is 1. The summed E-state index contributed by atoms with van der Waals surface area (Å²) in [6.07, 6.45) is -0.773. The molecule has 0 amide bonds. The molecule has 0 aliphatic carbocycles. The molecule has 108 valence electrons. The van der Waals surface area contributed by atoms with Crippen LogP contribution in [0.3, 0.4) is 0 Å². The van der Waals surface area contributed by atoms with Crippen molar-refractivity contribution in [2.24, 2.45) is 0 Å². The lowest BCUT2D eigenvalue weighted by atomic mass is 10.3. The van der Waals surface area contributed by atoms with E-state index in [1.54, 1.807) is 21.3 Å². The fraction of sp³-hybridized carbons (Fsp3) is 0.500. The largest absolute Gasteiger partial charge is 0.536 e. The summed E-state index contributed by atoms with van der Waals surface area (Å²) < 4.78 is 16.1. The zero-order chi connectivity index (χ0) is 14.3. The predicted octanol–water partition coefficient (Wildman–Crippen LogP) is -0.463. The monoisotopic (exact) mass is 287 g/mol. The summed E-state index contributed by atoms with van der Waals surface area (Å²) >= 11 is 0. The van der Waals surface area contributed by atoms with E-state index in [0.717, 1.165) is 10.9 Å². The molecule has 0 saturated carbocycles. The molecular weight excluding hydrogens is 266 g/mol. The second-order valence-corrected chi connectivity index (χ2v) is 6.88. The zero-order valence-electron chi connectivity index (χ0n) is 11.4. The number of benzene rings is 1. The molecular formula is C12H21NO5Si. The highest BCUT2D eigenvalue weighted by atomic mass is 28.4. The minimum Gasteiger partial charge on any atom is -0.394 e. The molecule has 7 heteroatoms. The van der Waals surface area contributed by atoms with Crippen LogP contribution in [0, 0.1) is 0 Å². The van der Waals surface area contributed by atoms with Gasteiger partial charge in [-0.15, -0.1) is 0 Å². The lowest BCUT2D eigenvalue weighted by Crippen LogP contribution is -2.54. The van der Waals surface area contributed by atoms with Gasteiger partial charge < -0.3 is 28.8 Å². The van der Waals surface area contributed by atoms with Crippen molar-refractivity contribution in [2.75, 3.05) is 39.8 Å². The van der Waals surface area contributed by atoms with Crippen LogP contribution in [-0.2, 0) is 13.3 Å². The van der Waals surface area contributed by atoms with Gasteiger partial charge in [0, 0.05) is 38.7 Å². The summed E-state index contributed by atoms with van der Waals surface area (Å²) in [4.78, 5) is 0. The molecule has 1 aromatic rings. The summed E-state index contributed by atoms with van der Waals surface area (Å²) in [6, 6.07) is 7.41. The molecule has 0 aliphatic heterocycles. The second-order valence-electron chi connectivity index (χ2n) is 3.96. The fourth-order valence-electron chi connectivity index (χ4n) is 1.70. The summed E-state index contributed by atoms with van der Waals surface area (Å²) in [7, 11) is 1.89. The van der Waals surface area contributed by atoms with Gasteiger partial charge in [-0.3, -0.25) is 0 Å². The van der Waals surface area contributed by atoms with Gasteiger partial charge in [0.2, 0.25) is 0 Å². The van der Waals surface area contributed by atoms with E-state index < -0.39 is 14.9 Å². The van der Waals surface area contributed by atoms with Gasteiger partial charge in [0.1, 0.15) is 0 Å². The number of hydrogen-bond donors (Lipinski definition) is 3. The first-order chi connectivity index (χ1) is 9.11. The van der Waals surface area contributed by atoms with Gasteiger partial charge >= 0.3 is 8.80 Å². The SMILES string of the molecule is CO[Si](OC)(OC)c1ccc(NCC(O)CO)cc1. The van der Waals surface area contributed by atoms with Crippen LogP contribution in [0.25, 0.3) is 0 Å². The van der Waals surface area contributed by atoms with Gasteiger partial charge in [-0.05, 0) is 12.1 Å². The van der Waals surface area contributed by atoms with E-state index in [1.807, 2.05) is 24.3 Å². The Kier molecular flexibility index (Phi) is 6.42. The van der Waals surface area contributed by atoms with Gasteiger partial charge in [-0.25, -0.2) is 0 Å². The predicted molar refractivity (Wildman–Crippen MR) is 74.4 cm³/mol. The van der Waals surface area contributed by atoms with E-state index >= 15 is 0 Å². The van der Waals surface area contributed by atoms with Crippen molar-refractivity contribution in [2.45, 2.75) is 6.10 Å². The summed E-state index contributed by atoms with van der Waals surface area (Å²) in [5, 5.41) is 21.8. The standard InChI is InChI=1S/C12H21NO5Si/c1-16-19(17-2,18-3)12-6-4-10(5-7-12)13-8-11(15)9-14/h4-7,11,13-15H,8-9H2,1-3H3. The molecule has 3 N–H and O–H groups in total. The van der Waals surface area contributed by atoms with Crippen LogP contribution in [0.4, 0.5) is 5.69 Å². The molecule has 0 aliphatic rings. The molecule has 1 atom stereocenters. The van der Waals surface area contributed by atoms with Crippen LogP contribution in [0.5, 0.6) is 0 Å². The van der Waals surface area contributed by atoms with E-state index in [-0.39, 0.29) is 13.2 Å². The van der Waals surface area contributed by atoms with Crippen molar-refractivity contribution in [3.63, 3.8) is 0 Å². The van der Waals surface area contributed by atoms with E-state index in [1.165, 1.54) is 0 Å². The highest BCUT2D eigenvalue weighted by Gasteiger charge is 2.40. The third-order valence-corrected chi connectivity index (χ3v) is 5.45. The lowest BCUT2D eigenvalue weighted by Gasteiger charge is -2.24. The van der Waals surface area contributed by atoms with Crippen LogP contribution < -0.4 is 10.5 Å². The van der Waals surface area contributed by atoms with E-state index in [9.17, 15) is 5.11 Å². The first-order valence-corrected chi connectivity index (χ1v) is 7.63. The van der Waals surface area contributed by atoms with Crippen LogP contribution in [-0.4, -0.2) is 59.6 Å². The van der Waals surface area contributed by atoms with Gasteiger partial charge in [0.05, 0.1) is 12.7 Å². The Bertz CT molecular complexity index is 361. The first-order valence-electron chi connectivity index (χ1n) is 5.90. The fourth-order valence-corrected chi connectivity index (χ4v) is 3.48. The number of aliphatic hydroxyl groups is 2. The van der Waals surface area contributed by atoms with E-state index in [2.05, 4.69) is 5.32 Å². The molecule has 0 saturated heterocycles. The first kappa shape index (κ1) is 16.1. The third kappa shape index (κ3) is 4.00. The van der Waals surface area contributed by atoms with Gasteiger partial charge in [0.15, 0.2) is 0 Å². The molecule has 0 bridgehead atoms. The molecule has 6 nitrogen and oxygen atoms in total. The molecule has 19 heavy (non-hydrogen) atoms. The summed E-state index contributed by atoms with van der Waals surface area (Å²) in [5.41, 5.74) is 0.836. The molecule has 0 aromatic heterocycles. The number of nitrogens with one attached hydrogen (secondary N) is 1. The second kappa shape index (κ2) is 7.58. The minimum absolute atomic E-state index is 0.266. The molecule has 0 heterocycles. The Morgan fingerprint density at radius 3 is 2.05 bits per heavy atom. The molecule has 0 fully saturated rings. The molecule has 1 aromatic carbocycles. The zero-order valence-corrected chi connectivity index (χ0v) is 12.4. The molecule has 1 rings (SSSR count). The van der Waals surface area contributed by atoms with Crippen molar-refractivity contribution >= 4 is 19.7 Å². The van der Waals surface area contributed by atoms with Gasteiger partial charge in [-0.1, -0.05) is 12.1 Å². The van der Waals surface area contributed by atoms with Gasteiger partial charge in [0.25, 0.3) is 0 Å². The van der Waals surface area contributed by atoms with Crippen molar-refractivity contribution < 1.29 is 23.5 Å². The van der Waals surface area contributed by atoms with Crippen LogP contribution >= 0.6 is 0 Å². The Morgan fingerprint density at radius 1 is 1.11 bits per heavy atom. The van der Waals surface area contributed by atoms with E-state index in [0.29, 0.717) is 0 Å². The maximum atomic E-state index is 9.25. The topological polar surface area (TPSA) is 80.2 Å². The smallest absolute Gasteiger partial charge is 0.394 e. The number of hydrogen-bond acceptors (Lipinski definition) is 6. The third-order valence-electron chi connectivity index (χ3n) is 2.80. The van der Waals surface area contributed by atoms with E-state index in [4.69, 9.17) is 18.4 Å². The van der Waals surface area contributed by atoms with Crippen LogP contribution in [0.15, 0.2) is 24.3 Å². The number of rotatable bonds is 8. The summed E-state index contributed by atoms with van der Waals surface area (Å²) in [6.45, 7) is 0.0232. The van der Waals surface area contributed by atoms with Gasteiger partial charge in [-0.2, -0.15) is 0 Å². The highest BCUT2D eigenvalue weighted by molar-refractivity contribution is 6.75. The Morgan fingerprint density at radius 2 is 1.63 bits per heavy atom. The quantitative estimate of drug-likeness (QED) is 0.561. The van der Waals surface area contributed by atoms with Crippen LogP contribution in [0.2, 0.25) is 0 Å². The minimum atomic E-state index is -2.79. The Labute approximate surface area is 114 Å². The Hall–Kier alpha value is -0.963. The lowest BCUT2D eigenvalue weighted by molar-refractivity contribution is 0.105. The Balaban J connectivity index is 2.75. The normalized spacial score (nSPS) is 13.3. The average Bonchev–Trinajstić information content (AvgIpc) is 2.48. The van der Waals surface area contributed by atoms with Crippen molar-refractivity contribution in [3.05, 3.63) is 24.3 Å². The number of aliphatic hydroxyl groups excluding tert-OH is 2. The van der Waals surface area contributed by atoms with Crippen molar-refractivity contribution in [1.82, 2.24) is 0 Å². The average molecular weight is 287 g/mol. The highest BCUT2D eigenvalue weighted by Crippen LogP contribution is 2.10. The maximum absolute atomic E-state index is 9.25. The van der Waals surface area contributed by atoms with Crippen molar-refractivity contribution in [1.29, 1.82) is 0 Å². The maximum Gasteiger partial charge on any atom is 0.536 e. The molecule has 0 spiro atoms. The van der Waals surface area contributed by atoms with Crippen LogP contribution in [0.1, 0.15) is 0 Å². The summed E-state index contributed by atoms with van der Waals surface area (Å²) in [5.74, 6) is 0. The van der Waals surface area contributed by atoms with Crippen molar-refractivity contribution in [3.8, 4) is 0 Å². The molecule has 0 radical (unpaired) electrons.